The van der Waals surface area contributed by atoms with Gasteiger partial charge in [0, 0.05) is 48.2 Å². The summed E-state index contributed by atoms with van der Waals surface area (Å²) < 4.78 is 42.4. The van der Waals surface area contributed by atoms with E-state index in [1.54, 1.807) is 6.07 Å². The zero-order valence-electron chi connectivity index (χ0n) is 22.8. The van der Waals surface area contributed by atoms with Crippen LogP contribution in [0.5, 0.6) is 0 Å². The first-order valence-corrected chi connectivity index (χ1v) is 15.6. The summed E-state index contributed by atoms with van der Waals surface area (Å²) in [5, 5.41) is 3.25. The van der Waals surface area contributed by atoms with E-state index in [0.29, 0.717) is 16.3 Å². The van der Waals surface area contributed by atoms with Crippen LogP contribution in [0.2, 0.25) is 0 Å². The number of aromatic nitrogens is 2. The number of hydrogen-bond donors (Lipinski definition) is 1. The van der Waals surface area contributed by atoms with E-state index in [4.69, 9.17) is 0 Å². The number of anilines is 2. The fraction of sp³-hybridized carbons (Fsp3) is 0.483. The number of alkyl halides is 3. The van der Waals surface area contributed by atoms with E-state index in [0.717, 1.165) is 78.3 Å². The molecular weight excluding hydrogens is 555 g/mol. The van der Waals surface area contributed by atoms with Gasteiger partial charge in [0.25, 0.3) is 5.91 Å². The quantitative estimate of drug-likeness (QED) is 0.330. The minimum absolute atomic E-state index is 0.0861. The molecule has 2 aliphatic heterocycles. The molecule has 40 heavy (non-hydrogen) atoms. The van der Waals surface area contributed by atoms with E-state index in [2.05, 4.69) is 53.1 Å². The molecule has 4 heterocycles. The summed E-state index contributed by atoms with van der Waals surface area (Å²) in [4.78, 5) is 27.6. The van der Waals surface area contributed by atoms with Crippen molar-refractivity contribution in [1.29, 1.82) is 0 Å². The average molecular weight is 588 g/mol. The van der Waals surface area contributed by atoms with Crippen LogP contribution in [0.15, 0.2) is 29.3 Å². The Hall–Kier alpha value is -2.63. The van der Waals surface area contributed by atoms with Crippen molar-refractivity contribution in [2.45, 2.75) is 69.6 Å². The lowest BCUT2D eigenvalue weighted by Gasteiger charge is -2.29. The lowest BCUT2D eigenvalue weighted by atomic mass is 9.91. The summed E-state index contributed by atoms with van der Waals surface area (Å²) in [7, 11) is 0. The third-order valence-corrected chi connectivity index (χ3v) is 10.1. The molecule has 3 aromatic rings. The number of hydrogen-bond acceptors (Lipinski definition) is 7. The van der Waals surface area contributed by atoms with Crippen LogP contribution < -0.4 is 5.32 Å². The molecule has 3 aliphatic rings. The van der Waals surface area contributed by atoms with Crippen molar-refractivity contribution < 1.29 is 18.0 Å². The predicted molar refractivity (Wildman–Crippen MR) is 154 cm³/mol. The zero-order valence-corrected chi connectivity index (χ0v) is 24.4. The van der Waals surface area contributed by atoms with Crippen LogP contribution in [-0.4, -0.2) is 57.1 Å². The molecule has 1 amide bonds. The molecular formula is C29H32F3N5OS2. The van der Waals surface area contributed by atoms with Crippen LogP contribution >= 0.6 is 23.1 Å². The van der Waals surface area contributed by atoms with Gasteiger partial charge < -0.3 is 10.2 Å². The van der Waals surface area contributed by atoms with Crippen molar-refractivity contribution in [3.8, 4) is 10.6 Å². The van der Waals surface area contributed by atoms with Crippen LogP contribution in [-0.2, 0) is 19.1 Å². The smallest absolute Gasteiger partial charge is 0.334 e. The molecule has 0 bridgehead atoms. The van der Waals surface area contributed by atoms with Crippen molar-refractivity contribution in [2.75, 3.05) is 30.7 Å². The Morgan fingerprint density at radius 1 is 1.15 bits per heavy atom. The third kappa shape index (κ3) is 5.35. The number of nitrogens with zero attached hydrogens (tertiary/aromatic N) is 4. The number of rotatable bonds is 6. The first-order chi connectivity index (χ1) is 19.1. The Balaban J connectivity index is 1.38. The highest BCUT2D eigenvalue weighted by Crippen LogP contribution is 2.44. The average Bonchev–Trinajstić information content (AvgIpc) is 3.69. The van der Waals surface area contributed by atoms with Gasteiger partial charge in [0.05, 0.1) is 10.6 Å². The van der Waals surface area contributed by atoms with E-state index in [-0.39, 0.29) is 29.5 Å². The van der Waals surface area contributed by atoms with Crippen molar-refractivity contribution in [1.82, 2.24) is 19.8 Å². The van der Waals surface area contributed by atoms with Gasteiger partial charge in [-0.3, -0.25) is 9.69 Å². The molecule has 0 radical (unpaired) electrons. The monoisotopic (exact) mass is 587 g/mol. The molecule has 6 rings (SSSR count). The number of benzene rings is 1. The van der Waals surface area contributed by atoms with Crippen molar-refractivity contribution in [3.05, 3.63) is 51.5 Å². The number of amides is 1. The molecule has 1 fully saturated rings. The molecule has 0 unspecified atom stereocenters. The lowest BCUT2D eigenvalue weighted by molar-refractivity contribution is -0.137. The standard InChI is InChI=1S/C29H32F3N5OS2/c1-4-36-8-7-17-12-22(20(16(2)3)11-18(17)15-36)34-28-33-14-21(29(30,31)32)25(35-28)23-13-24-26(40-23)27(38)37(9-10-39-24)19-5-6-19/h11-14,16,19H,4-10,15H2,1-3H3,(H,33,34,35). The molecule has 0 spiro atoms. The van der Waals surface area contributed by atoms with E-state index in [1.165, 1.54) is 22.9 Å². The molecule has 1 saturated carbocycles. The minimum atomic E-state index is -4.63. The number of thiophene rings is 1. The summed E-state index contributed by atoms with van der Waals surface area (Å²) in [6.45, 7) is 9.89. The highest BCUT2D eigenvalue weighted by atomic mass is 32.2. The zero-order chi connectivity index (χ0) is 28.2. The fourth-order valence-corrected chi connectivity index (χ4v) is 7.79. The van der Waals surface area contributed by atoms with Gasteiger partial charge in [-0.1, -0.05) is 26.8 Å². The first kappa shape index (κ1) is 27.5. The van der Waals surface area contributed by atoms with Crippen molar-refractivity contribution in [3.63, 3.8) is 0 Å². The van der Waals surface area contributed by atoms with E-state index in [9.17, 15) is 18.0 Å². The Kier molecular flexibility index (Phi) is 7.33. The molecule has 6 nitrogen and oxygen atoms in total. The maximum absolute atomic E-state index is 14.1. The Labute approximate surface area is 240 Å². The fourth-order valence-electron chi connectivity index (χ4n) is 5.47. The van der Waals surface area contributed by atoms with Gasteiger partial charge in [-0.2, -0.15) is 13.2 Å². The lowest BCUT2D eigenvalue weighted by Crippen LogP contribution is -2.33. The predicted octanol–water partition coefficient (Wildman–Crippen LogP) is 7.18. The minimum Gasteiger partial charge on any atom is -0.334 e. The van der Waals surface area contributed by atoms with E-state index in [1.807, 2.05) is 4.90 Å². The summed E-state index contributed by atoms with van der Waals surface area (Å²) in [5.74, 6) is 0.944. The molecule has 0 saturated heterocycles. The van der Waals surface area contributed by atoms with E-state index >= 15 is 0 Å². The highest BCUT2D eigenvalue weighted by Gasteiger charge is 2.39. The van der Waals surface area contributed by atoms with Crippen LogP contribution in [0, 0.1) is 0 Å². The summed E-state index contributed by atoms with van der Waals surface area (Å²) in [5.41, 5.74) is 3.32. The molecule has 11 heteroatoms. The van der Waals surface area contributed by atoms with Gasteiger partial charge in [-0.25, -0.2) is 9.97 Å². The summed E-state index contributed by atoms with van der Waals surface area (Å²) in [6, 6.07) is 6.26. The van der Waals surface area contributed by atoms with Crippen LogP contribution in [0.3, 0.4) is 0 Å². The second-order valence-electron chi connectivity index (χ2n) is 10.9. The SMILES string of the molecule is CCN1CCc2cc(Nc3ncc(C(F)(F)F)c(-c4cc5c(s4)C(=O)N(C4CC4)CCS5)n3)c(C(C)C)cc2C1. The number of carbonyl (C=O) groups is 1. The second kappa shape index (κ2) is 10.6. The first-order valence-electron chi connectivity index (χ1n) is 13.8. The van der Waals surface area contributed by atoms with Crippen LogP contribution in [0.1, 0.15) is 71.5 Å². The number of halogens is 3. The van der Waals surface area contributed by atoms with Gasteiger partial charge >= 0.3 is 6.18 Å². The molecule has 1 N–H and O–H groups in total. The van der Waals surface area contributed by atoms with Gasteiger partial charge in [0.1, 0.15) is 10.4 Å². The number of fused-ring (bicyclic) bond motifs is 2. The highest BCUT2D eigenvalue weighted by molar-refractivity contribution is 7.99. The van der Waals surface area contributed by atoms with Gasteiger partial charge in [-0.05, 0) is 60.5 Å². The van der Waals surface area contributed by atoms with Crippen LogP contribution in [0.4, 0.5) is 24.8 Å². The largest absolute Gasteiger partial charge is 0.420 e. The topological polar surface area (TPSA) is 61.4 Å². The Morgan fingerprint density at radius 3 is 2.65 bits per heavy atom. The molecule has 1 aliphatic carbocycles. The molecule has 0 atom stereocenters. The molecule has 212 valence electrons. The molecule has 1 aromatic carbocycles. The molecule has 2 aromatic heterocycles. The summed E-state index contributed by atoms with van der Waals surface area (Å²) >= 11 is 2.62. The normalized spacial score (nSPS) is 18.1. The second-order valence-corrected chi connectivity index (χ2v) is 13.1. The van der Waals surface area contributed by atoms with Crippen molar-refractivity contribution >= 4 is 40.6 Å². The van der Waals surface area contributed by atoms with E-state index < -0.39 is 11.7 Å². The number of nitrogens with one attached hydrogen (secondary N) is 1. The van der Waals surface area contributed by atoms with Crippen molar-refractivity contribution in [2.24, 2.45) is 0 Å². The van der Waals surface area contributed by atoms with Gasteiger partial charge in [0.15, 0.2) is 0 Å². The summed E-state index contributed by atoms with van der Waals surface area (Å²) in [6.07, 6.45) is -0.887. The number of thioether (sulfide) groups is 1. The Morgan fingerprint density at radius 2 is 1.95 bits per heavy atom. The number of carbonyl (C=O) groups excluding carboxylic acids is 1. The third-order valence-electron chi connectivity index (χ3n) is 7.84. The van der Waals surface area contributed by atoms with Gasteiger partial charge in [-0.15, -0.1) is 23.1 Å². The maximum atomic E-state index is 14.1. The number of likely N-dealkylation sites (N-methyl/N-ethyl adjacent to an activating group) is 1. The maximum Gasteiger partial charge on any atom is 0.420 e. The Bertz CT molecular complexity index is 1450. The van der Waals surface area contributed by atoms with Gasteiger partial charge in [0.2, 0.25) is 5.95 Å². The van der Waals surface area contributed by atoms with Crippen LogP contribution in [0.25, 0.3) is 10.6 Å².